The number of para-hydroxylation sites is 1. The molecule has 0 heterocycles. The van der Waals surface area contributed by atoms with Crippen molar-refractivity contribution in [3.63, 3.8) is 0 Å². The van der Waals surface area contributed by atoms with E-state index >= 15 is 0 Å². The summed E-state index contributed by atoms with van der Waals surface area (Å²) in [5, 5.41) is 14.4. The standard InChI is InChI=1S/C23H32N4O6S/c1-2-8-16-15-17(21(24)28)11-12-18(16)25-22(29)23(13-6-3-7-14-23)26-34(32,33)20-10-5-4-9-19(20)27(30)31/h4-5,9-12,16-18,26H,2-3,6-8,13-15H2,1H3,(H2,24,28)(H,25,29). The minimum atomic E-state index is -4.36. The molecule has 2 aliphatic carbocycles. The maximum Gasteiger partial charge on any atom is 0.289 e. The van der Waals surface area contributed by atoms with Crippen LogP contribution in [0.5, 0.6) is 0 Å². The Bertz CT molecular complexity index is 1060. The predicted molar refractivity (Wildman–Crippen MR) is 126 cm³/mol. The van der Waals surface area contributed by atoms with E-state index in [1.165, 1.54) is 18.2 Å². The number of nitro groups is 1. The number of nitro benzene ring substituents is 1. The second kappa shape index (κ2) is 10.6. The highest BCUT2D eigenvalue weighted by atomic mass is 32.2. The van der Waals surface area contributed by atoms with Crippen molar-refractivity contribution in [1.29, 1.82) is 0 Å². The molecule has 2 amide bonds. The van der Waals surface area contributed by atoms with Crippen molar-refractivity contribution in [2.24, 2.45) is 17.6 Å². The lowest BCUT2D eigenvalue weighted by Crippen LogP contribution is -2.61. The molecule has 0 radical (unpaired) electrons. The van der Waals surface area contributed by atoms with Crippen LogP contribution in [0.3, 0.4) is 0 Å². The first-order valence-corrected chi connectivity index (χ1v) is 13.1. The van der Waals surface area contributed by atoms with Crippen molar-refractivity contribution < 1.29 is 22.9 Å². The fraction of sp³-hybridized carbons (Fsp3) is 0.565. The number of nitrogens with one attached hydrogen (secondary N) is 2. The van der Waals surface area contributed by atoms with Gasteiger partial charge in [-0.3, -0.25) is 19.7 Å². The van der Waals surface area contributed by atoms with Crippen LogP contribution in [-0.4, -0.2) is 36.7 Å². The molecular weight excluding hydrogens is 460 g/mol. The van der Waals surface area contributed by atoms with Gasteiger partial charge in [-0.1, -0.05) is 56.9 Å². The summed E-state index contributed by atoms with van der Waals surface area (Å²) in [5.41, 5.74) is 3.51. The number of hydrogen-bond donors (Lipinski definition) is 3. The minimum absolute atomic E-state index is 0.0103. The number of sulfonamides is 1. The van der Waals surface area contributed by atoms with Crippen molar-refractivity contribution in [2.45, 2.75) is 74.8 Å². The molecule has 3 unspecified atom stereocenters. The van der Waals surface area contributed by atoms with Crippen LogP contribution in [-0.2, 0) is 19.6 Å². The summed E-state index contributed by atoms with van der Waals surface area (Å²) in [6.07, 6.45) is 8.35. The fourth-order valence-corrected chi connectivity index (χ4v) is 6.57. The van der Waals surface area contributed by atoms with Gasteiger partial charge in [-0.2, -0.15) is 4.72 Å². The fourth-order valence-electron chi connectivity index (χ4n) is 4.98. The lowest BCUT2D eigenvalue weighted by atomic mass is 9.78. The molecule has 1 fully saturated rings. The van der Waals surface area contributed by atoms with E-state index in [0.29, 0.717) is 19.3 Å². The zero-order valence-corrected chi connectivity index (χ0v) is 20.1. The monoisotopic (exact) mass is 492 g/mol. The van der Waals surface area contributed by atoms with Crippen molar-refractivity contribution in [3.8, 4) is 0 Å². The predicted octanol–water partition coefficient (Wildman–Crippen LogP) is 2.54. The third-order valence-corrected chi connectivity index (χ3v) is 8.34. The van der Waals surface area contributed by atoms with E-state index in [9.17, 15) is 28.1 Å². The Morgan fingerprint density at radius 3 is 2.47 bits per heavy atom. The summed E-state index contributed by atoms with van der Waals surface area (Å²) in [7, 11) is -4.36. The number of nitrogens with two attached hydrogens (primary N) is 1. The summed E-state index contributed by atoms with van der Waals surface area (Å²) in [6, 6.07) is 4.73. The quantitative estimate of drug-likeness (QED) is 0.273. The first kappa shape index (κ1) is 25.8. The summed E-state index contributed by atoms with van der Waals surface area (Å²) in [6.45, 7) is 2.01. The maximum absolute atomic E-state index is 13.6. The van der Waals surface area contributed by atoms with Gasteiger partial charge in [0.25, 0.3) is 5.69 Å². The molecule has 3 atom stereocenters. The van der Waals surface area contributed by atoms with Crippen LogP contribution in [0, 0.1) is 22.0 Å². The molecular formula is C23H32N4O6S. The second-order valence-corrected chi connectivity index (χ2v) is 10.8. The van der Waals surface area contributed by atoms with Gasteiger partial charge in [0.05, 0.1) is 16.9 Å². The van der Waals surface area contributed by atoms with Gasteiger partial charge >= 0.3 is 0 Å². The summed E-state index contributed by atoms with van der Waals surface area (Å²) >= 11 is 0. The molecule has 0 aliphatic heterocycles. The second-order valence-electron chi connectivity index (χ2n) is 9.15. The zero-order valence-electron chi connectivity index (χ0n) is 19.2. The van der Waals surface area contributed by atoms with Crippen molar-refractivity contribution in [1.82, 2.24) is 10.0 Å². The topological polar surface area (TPSA) is 162 Å². The summed E-state index contributed by atoms with van der Waals surface area (Å²) in [4.78, 5) is 35.4. The van der Waals surface area contributed by atoms with Crippen LogP contribution in [0.1, 0.15) is 58.3 Å². The number of benzene rings is 1. The van der Waals surface area contributed by atoms with Gasteiger partial charge in [-0.25, -0.2) is 8.42 Å². The minimum Gasteiger partial charge on any atom is -0.369 e. The lowest BCUT2D eigenvalue weighted by Gasteiger charge is -2.39. The van der Waals surface area contributed by atoms with Crippen molar-refractivity contribution in [3.05, 3.63) is 46.5 Å². The molecule has 11 heteroatoms. The Kier molecular flexibility index (Phi) is 8.09. The highest BCUT2D eigenvalue weighted by Crippen LogP contribution is 2.34. The smallest absolute Gasteiger partial charge is 0.289 e. The number of rotatable bonds is 9. The normalized spacial score (nSPS) is 24.3. The number of nitrogens with zero attached hydrogens (tertiary/aromatic N) is 1. The van der Waals surface area contributed by atoms with Gasteiger partial charge in [0.2, 0.25) is 21.8 Å². The third kappa shape index (κ3) is 5.64. The third-order valence-electron chi connectivity index (χ3n) is 6.76. The highest BCUT2D eigenvalue weighted by molar-refractivity contribution is 7.89. The largest absolute Gasteiger partial charge is 0.369 e. The number of carbonyl (C=O) groups is 2. The van der Waals surface area contributed by atoms with E-state index in [1.54, 1.807) is 12.2 Å². The number of amides is 2. The van der Waals surface area contributed by atoms with Gasteiger partial charge in [0.1, 0.15) is 5.54 Å². The first-order valence-electron chi connectivity index (χ1n) is 11.7. The van der Waals surface area contributed by atoms with Crippen molar-refractivity contribution >= 4 is 27.5 Å². The van der Waals surface area contributed by atoms with E-state index in [4.69, 9.17) is 5.73 Å². The van der Waals surface area contributed by atoms with Gasteiger partial charge in [0, 0.05) is 6.07 Å². The zero-order chi connectivity index (χ0) is 24.9. The number of hydrogen-bond acceptors (Lipinski definition) is 6. The number of carbonyl (C=O) groups excluding carboxylic acids is 2. The van der Waals surface area contributed by atoms with Crippen LogP contribution in [0.2, 0.25) is 0 Å². The van der Waals surface area contributed by atoms with E-state index in [2.05, 4.69) is 10.0 Å². The highest BCUT2D eigenvalue weighted by Gasteiger charge is 2.45. The Morgan fingerprint density at radius 1 is 1.18 bits per heavy atom. The van der Waals surface area contributed by atoms with Crippen molar-refractivity contribution in [2.75, 3.05) is 0 Å². The molecule has 186 valence electrons. The Balaban J connectivity index is 1.89. The summed E-state index contributed by atoms with van der Waals surface area (Å²) < 4.78 is 29.0. The van der Waals surface area contributed by atoms with E-state index in [-0.39, 0.29) is 24.8 Å². The average molecular weight is 493 g/mol. The molecule has 2 aliphatic rings. The molecule has 1 saturated carbocycles. The van der Waals surface area contributed by atoms with Crippen LogP contribution in [0.25, 0.3) is 0 Å². The number of primary amides is 1. The van der Waals surface area contributed by atoms with Gasteiger partial charge in [0.15, 0.2) is 4.90 Å². The van der Waals surface area contributed by atoms with Gasteiger partial charge in [-0.05, 0) is 37.7 Å². The molecule has 0 aromatic heterocycles. The molecule has 0 saturated heterocycles. The van der Waals surface area contributed by atoms with Crippen LogP contribution >= 0.6 is 0 Å². The SMILES string of the molecule is CCCC1CC(C(N)=O)C=CC1NC(=O)C1(NS(=O)(=O)c2ccccc2[N+](=O)[O-])CCCCC1. The Morgan fingerprint density at radius 2 is 1.85 bits per heavy atom. The average Bonchev–Trinajstić information content (AvgIpc) is 2.80. The molecule has 34 heavy (non-hydrogen) atoms. The van der Waals surface area contributed by atoms with E-state index in [1.807, 2.05) is 6.92 Å². The van der Waals surface area contributed by atoms with E-state index in [0.717, 1.165) is 25.3 Å². The molecule has 1 aromatic rings. The lowest BCUT2D eigenvalue weighted by molar-refractivity contribution is -0.387. The summed E-state index contributed by atoms with van der Waals surface area (Å²) in [5.74, 6) is -1.28. The van der Waals surface area contributed by atoms with Gasteiger partial charge < -0.3 is 11.1 Å². The Labute approximate surface area is 199 Å². The van der Waals surface area contributed by atoms with Crippen LogP contribution < -0.4 is 15.8 Å². The van der Waals surface area contributed by atoms with Crippen LogP contribution in [0.15, 0.2) is 41.3 Å². The molecule has 0 spiro atoms. The molecule has 3 rings (SSSR count). The molecule has 0 bridgehead atoms. The first-order chi connectivity index (χ1) is 16.1. The Hall–Kier alpha value is -2.79. The van der Waals surface area contributed by atoms with E-state index < -0.39 is 48.8 Å². The molecule has 4 N–H and O–H groups in total. The molecule has 1 aromatic carbocycles. The van der Waals surface area contributed by atoms with Gasteiger partial charge in [-0.15, -0.1) is 0 Å². The molecule has 10 nitrogen and oxygen atoms in total. The maximum atomic E-state index is 13.6. The van der Waals surface area contributed by atoms with Crippen LogP contribution in [0.4, 0.5) is 5.69 Å².